The van der Waals surface area contributed by atoms with E-state index in [1.165, 1.54) is 0 Å². The number of amides is 1. The van der Waals surface area contributed by atoms with Crippen LogP contribution in [0.2, 0.25) is 0 Å². The van der Waals surface area contributed by atoms with Crippen LogP contribution in [0.1, 0.15) is 23.9 Å². The molecule has 1 amide bonds. The van der Waals surface area contributed by atoms with E-state index >= 15 is 0 Å². The van der Waals surface area contributed by atoms with Crippen LogP contribution in [0.15, 0.2) is 54.6 Å². The molecule has 6 nitrogen and oxygen atoms in total. The zero-order valence-electron chi connectivity index (χ0n) is 13.6. The van der Waals surface area contributed by atoms with Crippen molar-refractivity contribution in [2.75, 3.05) is 6.54 Å². The predicted molar refractivity (Wildman–Crippen MR) is 92.8 cm³/mol. The van der Waals surface area contributed by atoms with Gasteiger partial charge in [0.25, 0.3) is 0 Å². The molecule has 1 saturated heterocycles. The van der Waals surface area contributed by atoms with Crippen molar-refractivity contribution in [2.24, 2.45) is 0 Å². The summed E-state index contributed by atoms with van der Waals surface area (Å²) in [6, 6.07) is 16.9. The Bertz CT molecular complexity index is 845. The maximum absolute atomic E-state index is 12.5. The van der Waals surface area contributed by atoms with Crippen molar-refractivity contribution in [3.8, 4) is 0 Å². The van der Waals surface area contributed by atoms with Crippen molar-refractivity contribution >= 4 is 17.1 Å². The van der Waals surface area contributed by atoms with Crippen LogP contribution < -0.4 is 0 Å². The Morgan fingerprint density at radius 1 is 1.20 bits per heavy atom. The molecule has 25 heavy (non-hydrogen) atoms. The molecule has 6 heteroatoms. The number of H-pyrrole nitrogens is 1. The van der Waals surface area contributed by atoms with Crippen LogP contribution in [-0.4, -0.2) is 38.7 Å². The topological polar surface area (TPSA) is 78.4 Å². The van der Waals surface area contributed by atoms with Gasteiger partial charge in [-0.15, -0.1) is 0 Å². The van der Waals surface area contributed by atoms with Crippen LogP contribution in [0, 0.1) is 0 Å². The second-order valence-corrected chi connectivity index (χ2v) is 6.24. The van der Waals surface area contributed by atoms with Gasteiger partial charge in [-0.25, -0.2) is 9.78 Å². The number of fused-ring (bicyclic) bond motifs is 1. The molecule has 1 aromatic heterocycles. The highest BCUT2D eigenvalue weighted by Crippen LogP contribution is 2.32. The van der Waals surface area contributed by atoms with Gasteiger partial charge in [-0.3, -0.25) is 4.90 Å². The van der Waals surface area contributed by atoms with E-state index in [0.29, 0.717) is 12.2 Å². The molecule has 128 valence electrons. The average molecular weight is 337 g/mol. The fourth-order valence-electron chi connectivity index (χ4n) is 3.21. The second kappa shape index (κ2) is 6.57. The first-order chi connectivity index (χ1) is 12.2. The van der Waals surface area contributed by atoms with Gasteiger partial charge in [0, 0.05) is 6.42 Å². The third kappa shape index (κ3) is 3.21. The highest BCUT2D eigenvalue weighted by molar-refractivity contribution is 5.75. The van der Waals surface area contributed by atoms with Crippen LogP contribution in [0.5, 0.6) is 0 Å². The van der Waals surface area contributed by atoms with Crippen molar-refractivity contribution < 1.29 is 14.6 Å². The molecule has 2 heterocycles. The number of benzene rings is 2. The number of para-hydroxylation sites is 2. The standard InChI is InChI=1S/C19H19N3O3/c23-14-10-17(18-20-15-8-4-5-9-16(15)21-18)22(11-14)19(24)25-12-13-6-2-1-3-7-13/h1-9,14,17,23H,10-12H2,(H,20,21)/t14-,17+/m1/s1. The Hall–Kier alpha value is -2.86. The average Bonchev–Trinajstić information content (AvgIpc) is 3.23. The van der Waals surface area contributed by atoms with E-state index in [1.54, 1.807) is 4.90 Å². The molecule has 0 aliphatic carbocycles. The highest BCUT2D eigenvalue weighted by atomic mass is 16.6. The number of aromatic amines is 1. The fourth-order valence-corrected chi connectivity index (χ4v) is 3.21. The number of ether oxygens (including phenoxy) is 1. The van der Waals surface area contributed by atoms with Gasteiger partial charge in [0.1, 0.15) is 12.4 Å². The van der Waals surface area contributed by atoms with Crippen molar-refractivity contribution in [2.45, 2.75) is 25.2 Å². The number of nitrogens with zero attached hydrogens (tertiary/aromatic N) is 2. The predicted octanol–water partition coefficient (Wildman–Crippen LogP) is 3.01. The first kappa shape index (κ1) is 15.7. The van der Waals surface area contributed by atoms with Gasteiger partial charge in [0.15, 0.2) is 0 Å². The largest absolute Gasteiger partial charge is 0.445 e. The number of nitrogens with one attached hydrogen (secondary N) is 1. The summed E-state index contributed by atoms with van der Waals surface area (Å²) in [5.41, 5.74) is 2.68. The van der Waals surface area contributed by atoms with Gasteiger partial charge < -0.3 is 14.8 Å². The molecular formula is C19H19N3O3. The molecule has 0 spiro atoms. The lowest BCUT2D eigenvalue weighted by molar-refractivity contribution is 0.0868. The van der Waals surface area contributed by atoms with E-state index in [1.807, 2.05) is 54.6 Å². The van der Waals surface area contributed by atoms with Crippen molar-refractivity contribution in [1.82, 2.24) is 14.9 Å². The molecule has 1 fully saturated rings. The summed E-state index contributed by atoms with van der Waals surface area (Å²) in [6.45, 7) is 0.453. The molecule has 0 unspecified atom stereocenters. The zero-order valence-corrected chi connectivity index (χ0v) is 13.6. The van der Waals surface area contributed by atoms with Gasteiger partial charge in [0.2, 0.25) is 0 Å². The third-order valence-corrected chi connectivity index (χ3v) is 4.44. The molecule has 3 aromatic rings. The van der Waals surface area contributed by atoms with Gasteiger partial charge in [-0.05, 0) is 17.7 Å². The van der Waals surface area contributed by atoms with Crippen LogP contribution in [-0.2, 0) is 11.3 Å². The maximum Gasteiger partial charge on any atom is 0.410 e. The van der Waals surface area contributed by atoms with Crippen LogP contribution in [0.4, 0.5) is 4.79 Å². The van der Waals surface area contributed by atoms with E-state index in [2.05, 4.69) is 9.97 Å². The number of aliphatic hydroxyl groups excluding tert-OH is 1. The lowest BCUT2D eigenvalue weighted by atomic mass is 10.2. The number of aromatic nitrogens is 2. The molecule has 4 rings (SSSR count). The number of carbonyl (C=O) groups excluding carboxylic acids is 1. The maximum atomic E-state index is 12.5. The molecule has 0 radical (unpaired) electrons. The monoisotopic (exact) mass is 337 g/mol. The Labute approximate surface area is 145 Å². The second-order valence-electron chi connectivity index (χ2n) is 6.24. The van der Waals surface area contributed by atoms with Crippen molar-refractivity contribution in [1.29, 1.82) is 0 Å². The lowest BCUT2D eigenvalue weighted by Gasteiger charge is -2.22. The number of rotatable bonds is 3. The summed E-state index contributed by atoms with van der Waals surface area (Å²) < 4.78 is 5.42. The molecule has 1 aliphatic rings. The number of β-amino-alcohol motifs (C(OH)–C–C–N with tert-alkyl or cyclic N) is 1. The minimum absolute atomic E-state index is 0.207. The van der Waals surface area contributed by atoms with Gasteiger partial charge in [0.05, 0.1) is 29.7 Å². The first-order valence-electron chi connectivity index (χ1n) is 8.31. The number of likely N-dealkylation sites (tertiary alicyclic amines) is 1. The van der Waals surface area contributed by atoms with Gasteiger partial charge in [-0.2, -0.15) is 0 Å². The van der Waals surface area contributed by atoms with Crippen LogP contribution in [0.3, 0.4) is 0 Å². The molecule has 2 N–H and O–H groups in total. The minimum Gasteiger partial charge on any atom is -0.445 e. The Balaban J connectivity index is 1.51. The number of hydrogen-bond donors (Lipinski definition) is 2. The molecule has 0 saturated carbocycles. The van der Waals surface area contributed by atoms with Crippen molar-refractivity contribution in [3.63, 3.8) is 0 Å². The van der Waals surface area contributed by atoms with E-state index < -0.39 is 12.2 Å². The zero-order chi connectivity index (χ0) is 17.2. The molecule has 2 aromatic carbocycles. The summed E-state index contributed by atoms with van der Waals surface area (Å²) in [6.07, 6.45) is -0.575. The molecule has 1 aliphatic heterocycles. The molecule has 0 bridgehead atoms. The third-order valence-electron chi connectivity index (χ3n) is 4.44. The normalized spacial score (nSPS) is 20.1. The SMILES string of the molecule is O=C(OCc1ccccc1)N1C[C@H](O)C[C@H]1c1nc2ccccc2[nH]1. The van der Waals surface area contributed by atoms with E-state index in [0.717, 1.165) is 16.6 Å². The Kier molecular flexibility index (Phi) is 4.11. The fraction of sp³-hybridized carbons (Fsp3) is 0.263. The Morgan fingerprint density at radius 2 is 1.96 bits per heavy atom. The van der Waals surface area contributed by atoms with Crippen LogP contribution >= 0.6 is 0 Å². The van der Waals surface area contributed by atoms with Crippen molar-refractivity contribution in [3.05, 3.63) is 66.0 Å². The van der Waals surface area contributed by atoms with Gasteiger partial charge in [-0.1, -0.05) is 42.5 Å². The lowest BCUT2D eigenvalue weighted by Crippen LogP contribution is -2.32. The first-order valence-corrected chi connectivity index (χ1v) is 8.31. The Morgan fingerprint density at radius 3 is 2.76 bits per heavy atom. The smallest absolute Gasteiger partial charge is 0.410 e. The van der Waals surface area contributed by atoms with Crippen LogP contribution in [0.25, 0.3) is 11.0 Å². The highest BCUT2D eigenvalue weighted by Gasteiger charge is 2.38. The molecule has 2 atom stereocenters. The summed E-state index contributed by atoms with van der Waals surface area (Å²) in [7, 11) is 0. The summed E-state index contributed by atoms with van der Waals surface area (Å²) in [4.78, 5) is 21.9. The summed E-state index contributed by atoms with van der Waals surface area (Å²) in [5.74, 6) is 0.675. The summed E-state index contributed by atoms with van der Waals surface area (Å²) in [5, 5.41) is 10.0. The van der Waals surface area contributed by atoms with E-state index in [-0.39, 0.29) is 19.2 Å². The number of imidazole rings is 1. The van der Waals surface area contributed by atoms with E-state index in [9.17, 15) is 9.90 Å². The number of aliphatic hydroxyl groups is 1. The van der Waals surface area contributed by atoms with E-state index in [4.69, 9.17) is 4.74 Å². The van der Waals surface area contributed by atoms with Gasteiger partial charge >= 0.3 is 6.09 Å². The minimum atomic E-state index is -0.581. The molecular weight excluding hydrogens is 318 g/mol. The number of carbonyl (C=O) groups is 1. The number of hydrogen-bond acceptors (Lipinski definition) is 4. The summed E-state index contributed by atoms with van der Waals surface area (Å²) >= 11 is 0. The quantitative estimate of drug-likeness (QED) is 0.770.